The number of nitrogens with one attached hydrogen (secondary N) is 1. The standard InChI is InChI=1S/C17H22ClN3O2/c1-3-19-17(20-11-15(22)16-5-4-10-23-16)21(2)12-13-6-8-14(18)9-7-13/h4-10,15,22H,3,11-12H2,1-2H3,(H,19,20). The van der Waals surface area contributed by atoms with E-state index in [1.807, 2.05) is 43.1 Å². The summed E-state index contributed by atoms with van der Waals surface area (Å²) in [6.07, 6.45) is 0.794. The number of aliphatic imine (C=N–C) groups is 1. The summed E-state index contributed by atoms with van der Waals surface area (Å²) in [5, 5.41) is 14.0. The first-order chi connectivity index (χ1) is 11.1. The second-order valence-corrected chi connectivity index (χ2v) is 5.64. The van der Waals surface area contributed by atoms with E-state index in [4.69, 9.17) is 16.0 Å². The summed E-state index contributed by atoms with van der Waals surface area (Å²) in [6.45, 7) is 3.69. The maximum absolute atomic E-state index is 10.1. The van der Waals surface area contributed by atoms with Gasteiger partial charge in [-0.2, -0.15) is 0 Å². The number of halogens is 1. The molecule has 0 saturated heterocycles. The van der Waals surface area contributed by atoms with E-state index in [2.05, 4.69) is 10.3 Å². The topological polar surface area (TPSA) is 61.0 Å². The Balaban J connectivity index is 2.00. The zero-order chi connectivity index (χ0) is 16.7. The molecule has 0 fully saturated rings. The Hall–Kier alpha value is -1.98. The van der Waals surface area contributed by atoms with E-state index < -0.39 is 6.10 Å². The number of furan rings is 1. The van der Waals surface area contributed by atoms with E-state index in [0.717, 1.165) is 23.1 Å². The molecule has 0 aliphatic heterocycles. The minimum Gasteiger partial charge on any atom is -0.467 e. The number of hydrogen-bond donors (Lipinski definition) is 2. The largest absolute Gasteiger partial charge is 0.467 e. The number of benzene rings is 1. The summed E-state index contributed by atoms with van der Waals surface area (Å²) in [4.78, 5) is 6.48. The molecule has 1 unspecified atom stereocenters. The van der Waals surface area contributed by atoms with Gasteiger partial charge in [-0.05, 0) is 36.8 Å². The maximum atomic E-state index is 10.1. The van der Waals surface area contributed by atoms with Crippen molar-refractivity contribution in [3.63, 3.8) is 0 Å². The summed E-state index contributed by atoms with van der Waals surface area (Å²) >= 11 is 5.91. The van der Waals surface area contributed by atoms with Crippen LogP contribution < -0.4 is 5.32 Å². The van der Waals surface area contributed by atoms with Gasteiger partial charge in [-0.25, -0.2) is 4.99 Å². The zero-order valence-corrected chi connectivity index (χ0v) is 14.1. The fourth-order valence-corrected chi connectivity index (χ4v) is 2.28. The first-order valence-electron chi connectivity index (χ1n) is 7.55. The lowest BCUT2D eigenvalue weighted by Gasteiger charge is -2.22. The number of hydrogen-bond acceptors (Lipinski definition) is 3. The lowest BCUT2D eigenvalue weighted by Crippen LogP contribution is -2.38. The summed E-state index contributed by atoms with van der Waals surface area (Å²) in [7, 11) is 1.95. The fraction of sp³-hybridized carbons (Fsp3) is 0.353. The predicted octanol–water partition coefficient (Wildman–Crippen LogP) is 3.06. The average molecular weight is 336 g/mol. The van der Waals surface area contributed by atoms with Crippen LogP contribution >= 0.6 is 11.6 Å². The first-order valence-corrected chi connectivity index (χ1v) is 7.93. The van der Waals surface area contributed by atoms with E-state index >= 15 is 0 Å². The van der Waals surface area contributed by atoms with E-state index in [1.54, 1.807) is 18.4 Å². The molecule has 1 aromatic heterocycles. The van der Waals surface area contributed by atoms with Crippen molar-refractivity contribution in [3.8, 4) is 0 Å². The van der Waals surface area contributed by atoms with Gasteiger partial charge < -0.3 is 19.7 Å². The van der Waals surface area contributed by atoms with Crippen molar-refractivity contribution >= 4 is 17.6 Å². The average Bonchev–Trinajstić information content (AvgIpc) is 3.07. The monoisotopic (exact) mass is 335 g/mol. The van der Waals surface area contributed by atoms with Crippen molar-refractivity contribution in [3.05, 3.63) is 59.0 Å². The summed E-state index contributed by atoms with van der Waals surface area (Å²) in [6, 6.07) is 11.2. The van der Waals surface area contributed by atoms with Crippen LogP contribution in [0.15, 0.2) is 52.1 Å². The molecule has 0 amide bonds. The maximum Gasteiger partial charge on any atom is 0.194 e. The molecule has 1 atom stereocenters. The number of aliphatic hydroxyl groups is 1. The van der Waals surface area contributed by atoms with Gasteiger partial charge in [-0.15, -0.1) is 0 Å². The van der Waals surface area contributed by atoms with Crippen molar-refractivity contribution in [1.29, 1.82) is 0 Å². The molecular weight excluding hydrogens is 314 g/mol. The van der Waals surface area contributed by atoms with Gasteiger partial charge >= 0.3 is 0 Å². The van der Waals surface area contributed by atoms with Crippen LogP contribution in [-0.4, -0.2) is 36.1 Å². The molecule has 23 heavy (non-hydrogen) atoms. The minimum atomic E-state index is -0.748. The Morgan fingerprint density at radius 2 is 2.09 bits per heavy atom. The molecule has 5 nitrogen and oxygen atoms in total. The van der Waals surface area contributed by atoms with Gasteiger partial charge in [0.1, 0.15) is 11.9 Å². The Bertz CT molecular complexity index is 611. The highest BCUT2D eigenvalue weighted by Crippen LogP contribution is 2.14. The third-order valence-electron chi connectivity index (χ3n) is 3.32. The highest BCUT2D eigenvalue weighted by Gasteiger charge is 2.12. The second-order valence-electron chi connectivity index (χ2n) is 5.21. The SMILES string of the molecule is CCNC(=NCC(O)c1ccco1)N(C)Cc1ccc(Cl)cc1. The van der Waals surface area contributed by atoms with Crippen LogP contribution in [0.1, 0.15) is 24.4 Å². The predicted molar refractivity (Wildman–Crippen MR) is 92.6 cm³/mol. The van der Waals surface area contributed by atoms with Crippen LogP contribution in [0.4, 0.5) is 0 Å². The van der Waals surface area contributed by atoms with Gasteiger partial charge in [0.2, 0.25) is 0 Å². The van der Waals surface area contributed by atoms with E-state index in [9.17, 15) is 5.11 Å². The molecule has 0 aliphatic rings. The highest BCUT2D eigenvalue weighted by atomic mass is 35.5. The van der Waals surface area contributed by atoms with Gasteiger partial charge in [0, 0.05) is 25.2 Å². The van der Waals surface area contributed by atoms with Crippen molar-refractivity contribution < 1.29 is 9.52 Å². The van der Waals surface area contributed by atoms with Crippen molar-refractivity contribution in [2.75, 3.05) is 20.1 Å². The Morgan fingerprint density at radius 3 is 2.70 bits per heavy atom. The molecule has 0 bridgehead atoms. The molecule has 6 heteroatoms. The lowest BCUT2D eigenvalue weighted by atomic mass is 10.2. The van der Waals surface area contributed by atoms with Crippen molar-refractivity contribution in [2.45, 2.75) is 19.6 Å². The Kier molecular flexibility index (Phi) is 6.50. The van der Waals surface area contributed by atoms with Crippen LogP contribution in [0.3, 0.4) is 0 Å². The van der Waals surface area contributed by atoms with E-state index in [0.29, 0.717) is 12.3 Å². The van der Waals surface area contributed by atoms with Gasteiger partial charge in [0.05, 0.1) is 12.8 Å². The summed E-state index contributed by atoms with van der Waals surface area (Å²) in [5.41, 5.74) is 1.13. The minimum absolute atomic E-state index is 0.237. The molecule has 0 aliphatic carbocycles. The third kappa shape index (κ3) is 5.30. The quantitative estimate of drug-likeness (QED) is 0.629. The third-order valence-corrected chi connectivity index (χ3v) is 3.57. The molecule has 2 N–H and O–H groups in total. The molecular formula is C17H22ClN3O2. The molecule has 1 aromatic carbocycles. The number of rotatable bonds is 6. The van der Waals surface area contributed by atoms with Crippen LogP contribution in [-0.2, 0) is 6.54 Å². The van der Waals surface area contributed by atoms with Crippen LogP contribution in [0.2, 0.25) is 5.02 Å². The molecule has 0 radical (unpaired) electrons. The van der Waals surface area contributed by atoms with Gasteiger partial charge in [0.15, 0.2) is 5.96 Å². The number of nitrogens with zero attached hydrogens (tertiary/aromatic N) is 2. The van der Waals surface area contributed by atoms with Crippen molar-refractivity contribution in [1.82, 2.24) is 10.2 Å². The number of guanidine groups is 1. The fourth-order valence-electron chi connectivity index (χ4n) is 2.15. The normalized spacial score (nSPS) is 13.0. The van der Waals surface area contributed by atoms with Crippen LogP contribution in [0.25, 0.3) is 0 Å². The Morgan fingerprint density at radius 1 is 1.35 bits per heavy atom. The zero-order valence-electron chi connectivity index (χ0n) is 13.4. The molecule has 2 aromatic rings. The van der Waals surface area contributed by atoms with Crippen molar-refractivity contribution in [2.24, 2.45) is 4.99 Å². The summed E-state index contributed by atoms with van der Waals surface area (Å²) in [5.74, 6) is 1.25. The summed E-state index contributed by atoms with van der Waals surface area (Å²) < 4.78 is 5.19. The molecule has 124 valence electrons. The van der Waals surface area contributed by atoms with Crippen LogP contribution in [0.5, 0.6) is 0 Å². The molecule has 2 rings (SSSR count). The lowest BCUT2D eigenvalue weighted by molar-refractivity contribution is 0.158. The highest BCUT2D eigenvalue weighted by molar-refractivity contribution is 6.30. The number of aliphatic hydroxyl groups excluding tert-OH is 1. The van der Waals surface area contributed by atoms with Crippen LogP contribution in [0, 0.1) is 0 Å². The van der Waals surface area contributed by atoms with Gasteiger partial charge in [-0.3, -0.25) is 0 Å². The van der Waals surface area contributed by atoms with E-state index in [1.165, 1.54) is 0 Å². The molecule has 1 heterocycles. The van der Waals surface area contributed by atoms with Gasteiger partial charge in [-0.1, -0.05) is 23.7 Å². The van der Waals surface area contributed by atoms with E-state index in [-0.39, 0.29) is 6.54 Å². The smallest absolute Gasteiger partial charge is 0.194 e. The Labute approximate surface area is 141 Å². The van der Waals surface area contributed by atoms with Gasteiger partial charge in [0.25, 0.3) is 0 Å². The molecule has 0 saturated carbocycles. The molecule has 0 spiro atoms. The first kappa shape index (κ1) is 17.4. The second kappa shape index (κ2) is 8.60.